The van der Waals surface area contributed by atoms with Gasteiger partial charge in [0.15, 0.2) is 0 Å². The predicted molar refractivity (Wildman–Crippen MR) is 131 cm³/mol. The Bertz CT molecular complexity index is 1160. The van der Waals surface area contributed by atoms with Crippen LogP contribution in [-0.4, -0.2) is 41.3 Å². The van der Waals surface area contributed by atoms with Crippen molar-refractivity contribution in [2.75, 3.05) is 19.6 Å². The van der Waals surface area contributed by atoms with Gasteiger partial charge >= 0.3 is 0 Å². The Labute approximate surface area is 195 Å². The molecule has 2 amide bonds. The van der Waals surface area contributed by atoms with Crippen LogP contribution in [0.4, 0.5) is 0 Å². The monoisotopic (exact) mass is 439 g/mol. The molecule has 1 aliphatic rings. The van der Waals surface area contributed by atoms with E-state index in [0.29, 0.717) is 38.0 Å². The molecule has 1 aromatic heterocycles. The van der Waals surface area contributed by atoms with E-state index >= 15 is 0 Å². The van der Waals surface area contributed by atoms with Gasteiger partial charge in [0.05, 0.1) is 11.0 Å². The number of hydrogen-bond acceptors (Lipinski definition) is 3. The number of likely N-dealkylation sites (tertiary alicyclic amines) is 1. The minimum absolute atomic E-state index is 0.0390. The molecule has 0 unspecified atom stereocenters. The fraction of sp³-hybridized carbons (Fsp3) is 0.250. The number of carbonyl (C=O) groups is 2. The molecular formula is C28H29N3O2. The van der Waals surface area contributed by atoms with Crippen LogP contribution in [0.15, 0.2) is 85.7 Å². The molecule has 0 saturated carbocycles. The number of rotatable bonds is 7. The van der Waals surface area contributed by atoms with E-state index < -0.39 is 5.41 Å². The Morgan fingerprint density at radius 3 is 2.76 bits per heavy atom. The summed E-state index contributed by atoms with van der Waals surface area (Å²) in [6, 6.07) is 20.1. The van der Waals surface area contributed by atoms with Crippen molar-refractivity contribution in [3.05, 3.63) is 102 Å². The average Bonchev–Trinajstić information content (AvgIpc) is 3.28. The summed E-state index contributed by atoms with van der Waals surface area (Å²) in [6.07, 6.45) is 6.06. The van der Waals surface area contributed by atoms with Crippen LogP contribution in [0.5, 0.6) is 0 Å². The number of nitrogens with one attached hydrogen (secondary N) is 1. The van der Waals surface area contributed by atoms with Gasteiger partial charge in [-0.1, -0.05) is 60.2 Å². The van der Waals surface area contributed by atoms with Crippen LogP contribution in [0.25, 0.3) is 11.1 Å². The second kappa shape index (κ2) is 9.82. The number of aryl methyl sites for hydroxylation is 1. The van der Waals surface area contributed by atoms with Crippen LogP contribution in [0.1, 0.15) is 27.9 Å². The quantitative estimate of drug-likeness (QED) is 0.554. The van der Waals surface area contributed by atoms with E-state index in [1.54, 1.807) is 35.5 Å². The highest BCUT2D eigenvalue weighted by atomic mass is 16.2. The molecular weight excluding hydrogens is 410 g/mol. The molecule has 2 heterocycles. The number of aromatic nitrogens is 1. The van der Waals surface area contributed by atoms with Gasteiger partial charge in [0.25, 0.3) is 5.91 Å². The van der Waals surface area contributed by atoms with Crippen LogP contribution >= 0.6 is 0 Å². The molecule has 0 bridgehead atoms. The summed E-state index contributed by atoms with van der Waals surface area (Å²) in [4.78, 5) is 32.4. The highest BCUT2D eigenvalue weighted by molar-refractivity contribution is 5.95. The van der Waals surface area contributed by atoms with Gasteiger partial charge in [-0.3, -0.25) is 14.6 Å². The predicted octanol–water partition coefficient (Wildman–Crippen LogP) is 4.43. The van der Waals surface area contributed by atoms with E-state index in [1.165, 1.54) is 5.56 Å². The molecule has 1 fully saturated rings. The lowest BCUT2D eigenvalue weighted by molar-refractivity contribution is -0.130. The smallest absolute Gasteiger partial charge is 0.255 e. The Hall–Kier alpha value is -3.73. The first-order valence-corrected chi connectivity index (χ1v) is 11.3. The zero-order valence-corrected chi connectivity index (χ0v) is 19.0. The summed E-state index contributed by atoms with van der Waals surface area (Å²) >= 11 is 0. The molecule has 0 spiro atoms. The average molecular weight is 440 g/mol. The third-order valence-electron chi connectivity index (χ3n) is 6.31. The maximum absolute atomic E-state index is 13.4. The number of carbonyl (C=O) groups excluding carboxylic acids is 2. The summed E-state index contributed by atoms with van der Waals surface area (Å²) in [5, 5.41) is 3.00. The highest BCUT2D eigenvalue weighted by Crippen LogP contribution is 2.38. The zero-order chi connectivity index (χ0) is 23.3. The summed E-state index contributed by atoms with van der Waals surface area (Å²) in [5.74, 6) is -0.128. The zero-order valence-electron chi connectivity index (χ0n) is 19.0. The normalized spacial score (nSPS) is 17.5. The maximum atomic E-state index is 13.4. The van der Waals surface area contributed by atoms with Crippen molar-refractivity contribution >= 4 is 11.8 Å². The molecule has 1 atom stereocenters. The molecule has 1 N–H and O–H groups in total. The highest BCUT2D eigenvalue weighted by Gasteiger charge is 2.46. The number of pyridine rings is 1. The Morgan fingerprint density at radius 1 is 1.15 bits per heavy atom. The van der Waals surface area contributed by atoms with Crippen molar-refractivity contribution in [2.45, 2.75) is 19.8 Å². The van der Waals surface area contributed by atoms with Crippen LogP contribution in [0, 0.1) is 12.3 Å². The van der Waals surface area contributed by atoms with Crippen LogP contribution in [0.2, 0.25) is 0 Å². The number of benzene rings is 2. The van der Waals surface area contributed by atoms with Crippen molar-refractivity contribution in [1.82, 2.24) is 15.2 Å². The van der Waals surface area contributed by atoms with Gasteiger partial charge in [0.1, 0.15) is 0 Å². The van der Waals surface area contributed by atoms with Crippen molar-refractivity contribution < 1.29 is 9.59 Å². The standard InChI is InChI=1S/C28H29N3O2/c1-3-14-30-27(33)28(13-16-31(20-28)26(32)24-11-7-15-29-19-24)18-23-9-4-5-12-25(23)22-10-6-8-21(2)17-22/h3-12,15,17,19H,1,13-14,16,18,20H2,2H3,(H,30,33)/t28-/m1/s1. The summed E-state index contributed by atoms with van der Waals surface area (Å²) in [6.45, 7) is 7.10. The first-order valence-electron chi connectivity index (χ1n) is 11.3. The van der Waals surface area contributed by atoms with E-state index in [1.807, 2.05) is 12.1 Å². The summed E-state index contributed by atoms with van der Waals surface area (Å²) in [7, 11) is 0. The third kappa shape index (κ3) is 4.87. The van der Waals surface area contributed by atoms with Crippen LogP contribution in [-0.2, 0) is 11.2 Å². The number of hydrogen-bond donors (Lipinski definition) is 1. The lowest BCUT2D eigenvalue weighted by atomic mass is 9.78. The molecule has 1 aliphatic heterocycles. The van der Waals surface area contributed by atoms with Crippen molar-refractivity contribution in [2.24, 2.45) is 5.41 Å². The van der Waals surface area contributed by atoms with Crippen molar-refractivity contribution in [3.63, 3.8) is 0 Å². The minimum atomic E-state index is -0.708. The van der Waals surface area contributed by atoms with Crippen molar-refractivity contribution in [1.29, 1.82) is 0 Å². The van der Waals surface area contributed by atoms with E-state index in [0.717, 1.165) is 16.7 Å². The van der Waals surface area contributed by atoms with Gasteiger partial charge in [-0.2, -0.15) is 0 Å². The lowest BCUT2D eigenvalue weighted by Gasteiger charge is -2.29. The Morgan fingerprint density at radius 2 is 2.00 bits per heavy atom. The first kappa shape index (κ1) is 22.5. The van der Waals surface area contributed by atoms with Crippen LogP contribution < -0.4 is 5.32 Å². The fourth-order valence-corrected chi connectivity index (χ4v) is 4.61. The molecule has 5 heteroatoms. The molecule has 33 heavy (non-hydrogen) atoms. The molecule has 168 valence electrons. The minimum Gasteiger partial charge on any atom is -0.352 e. The van der Waals surface area contributed by atoms with Crippen LogP contribution in [0.3, 0.4) is 0 Å². The second-order valence-corrected chi connectivity index (χ2v) is 8.70. The molecule has 3 aromatic rings. The topological polar surface area (TPSA) is 62.3 Å². The fourth-order valence-electron chi connectivity index (χ4n) is 4.61. The van der Waals surface area contributed by atoms with Crippen molar-refractivity contribution in [3.8, 4) is 11.1 Å². The second-order valence-electron chi connectivity index (χ2n) is 8.70. The molecule has 5 nitrogen and oxygen atoms in total. The summed E-state index contributed by atoms with van der Waals surface area (Å²) < 4.78 is 0. The van der Waals surface area contributed by atoms with Gasteiger partial charge in [0, 0.05) is 32.0 Å². The number of amides is 2. The molecule has 2 aromatic carbocycles. The molecule has 1 saturated heterocycles. The Balaban J connectivity index is 1.66. The van der Waals surface area contributed by atoms with Gasteiger partial charge in [-0.05, 0) is 48.6 Å². The SMILES string of the molecule is C=CCNC(=O)[C@@]1(Cc2ccccc2-c2cccc(C)c2)CCN(C(=O)c2cccnc2)C1. The van der Waals surface area contributed by atoms with Gasteiger partial charge in [0.2, 0.25) is 5.91 Å². The van der Waals surface area contributed by atoms with Gasteiger partial charge < -0.3 is 10.2 Å². The lowest BCUT2D eigenvalue weighted by Crippen LogP contribution is -2.45. The van der Waals surface area contributed by atoms with E-state index in [2.05, 4.69) is 60.2 Å². The Kier molecular flexibility index (Phi) is 6.68. The largest absolute Gasteiger partial charge is 0.352 e. The molecule has 4 rings (SSSR count). The van der Waals surface area contributed by atoms with E-state index in [-0.39, 0.29) is 11.8 Å². The van der Waals surface area contributed by atoms with E-state index in [9.17, 15) is 9.59 Å². The van der Waals surface area contributed by atoms with E-state index in [4.69, 9.17) is 0 Å². The molecule has 0 aliphatic carbocycles. The van der Waals surface area contributed by atoms with Gasteiger partial charge in [-0.25, -0.2) is 0 Å². The first-order chi connectivity index (χ1) is 16.0. The summed E-state index contributed by atoms with van der Waals surface area (Å²) in [5.41, 5.74) is 4.38. The third-order valence-corrected chi connectivity index (χ3v) is 6.31. The molecule has 0 radical (unpaired) electrons. The maximum Gasteiger partial charge on any atom is 0.255 e. The number of nitrogens with zero attached hydrogens (tertiary/aromatic N) is 2. The van der Waals surface area contributed by atoms with Gasteiger partial charge in [-0.15, -0.1) is 6.58 Å².